The van der Waals surface area contributed by atoms with Crippen LogP contribution in [0.15, 0.2) is 57.8 Å². The standard InChI is InChI=1S/C21H15F4N3O3S/c1-2-9-29-18-16-19(31-17(26-16)12-5-3-6-13(22)10-12)28-20(27-18)30-14-7-4-8-15(11-14)32-21(23,24)25/h3-8,10-11H,2,9H2,1H3. The molecule has 2 aromatic carbocycles. The lowest BCUT2D eigenvalue weighted by Crippen LogP contribution is -2.01. The fourth-order valence-corrected chi connectivity index (χ4v) is 3.30. The molecule has 0 saturated heterocycles. The largest absolute Gasteiger partial charge is 0.476 e. The predicted molar refractivity (Wildman–Crippen MR) is 109 cm³/mol. The van der Waals surface area contributed by atoms with Crippen LogP contribution < -0.4 is 9.47 Å². The highest BCUT2D eigenvalue weighted by Crippen LogP contribution is 2.38. The van der Waals surface area contributed by atoms with Gasteiger partial charge in [0.1, 0.15) is 11.6 Å². The quantitative estimate of drug-likeness (QED) is 0.224. The first-order valence-corrected chi connectivity index (χ1v) is 10.2. The van der Waals surface area contributed by atoms with E-state index in [2.05, 4.69) is 15.0 Å². The van der Waals surface area contributed by atoms with E-state index in [1.807, 2.05) is 6.92 Å². The summed E-state index contributed by atoms with van der Waals surface area (Å²) >= 11 is -0.260. The van der Waals surface area contributed by atoms with Crippen molar-refractivity contribution in [2.45, 2.75) is 23.7 Å². The van der Waals surface area contributed by atoms with E-state index in [9.17, 15) is 17.6 Å². The molecule has 0 amide bonds. The average Bonchev–Trinajstić information content (AvgIpc) is 3.15. The van der Waals surface area contributed by atoms with Gasteiger partial charge in [-0.25, -0.2) is 9.37 Å². The Morgan fingerprint density at radius 1 is 1.03 bits per heavy atom. The summed E-state index contributed by atoms with van der Waals surface area (Å²) in [6.45, 7) is 2.23. The number of rotatable bonds is 7. The zero-order valence-electron chi connectivity index (χ0n) is 16.5. The van der Waals surface area contributed by atoms with Crippen LogP contribution in [-0.4, -0.2) is 27.1 Å². The second-order valence-electron chi connectivity index (χ2n) is 6.47. The van der Waals surface area contributed by atoms with Gasteiger partial charge in [-0.05, 0) is 54.6 Å². The van der Waals surface area contributed by atoms with Crippen LogP contribution in [0.4, 0.5) is 17.6 Å². The van der Waals surface area contributed by atoms with Crippen molar-refractivity contribution in [3.8, 4) is 29.1 Å². The van der Waals surface area contributed by atoms with Gasteiger partial charge < -0.3 is 13.9 Å². The third-order valence-electron chi connectivity index (χ3n) is 3.97. The lowest BCUT2D eigenvalue weighted by molar-refractivity contribution is -0.0328. The molecule has 32 heavy (non-hydrogen) atoms. The summed E-state index contributed by atoms with van der Waals surface area (Å²) in [6.07, 6.45) is 0.688. The Kier molecular flexibility index (Phi) is 6.17. The molecule has 0 saturated carbocycles. The van der Waals surface area contributed by atoms with E-state index in [1.165, 1.54) is 42.5 Å². The molecule has 0 spiro atoms. The number of hydrogen-bond donors (Lipinski definition) is 0. The zero-order valence-corrected chi connectivity index (χ0v) is 17.3. The highest BCUT2D eigenvalue weighted by molar-refractivity contribution is 8.00. The molecule has 0 bridgehead atoms. The highest BCUT2D eigenvalue weighted by Gasteiger charge is 2.29. The van der Waals surface area contributed by atoms with Crippen LogP contribution in [0.25, 0.3) is 22.7 Å². The Balaban J connectivity index is 1.70. The molecule has 0 atom stereocenters. The van der Waals surface area contributed by atoms with Crippen molar-refractivity contribution in [3.05, 3.63) is 54.3 Å². The molecule has 0 aliphatic rings. The van der Waals surface area contributed by atoms with Crippen molar-refractivity contribution in [2.24, 2.45) is 0 Å². The lowest BCUT2D eigenvalue weighted by atomic mass is 10.2. The first-order chi connectivity index (χ1) is 15.3. The topological polar surface area (TPSA) is 70.3 Å². The summed E-state index contributed by atoms with van der Waals surface area (Å²) in [6, 6.07) is 10.9. The minimum atomic E-state index is -4.43. The van der Waals surface area contributed by atoms with Crippen LogP contribution in [0, 0.1) is 5.82 Å². The second-order valence-corrected chi connectivity index (χ2v) is 7.61. The van der Waals surface area contributed by atoms with Gasteiger partial charge in [0.05, 0.1) is 6.61 Å². The molecular weight excluding hydrogens is 450 g/mol. The second kappa shape index (κ2) is 9.03. The number of aromatic nitrogens is 3. The van der Waals surface area contributed by atoms with Gasteiger partial charge in [0.2, 0.25) is 5.89 Å². The number of hydrogen-bond acceptors (Lipinski definition) is 7. The molecule has 4 rings (SSSR count). The molecule has 0 fully saturated rings. The number of halogens is 4. The van der Waals surface area contributed by atoms with E-state index in [1.54, 1.807) is 6.07 Å². The van der Waals surface area contributed by atoms with Gasteiger partial charge in [0, 0.05) is 10.5 Å². The lowest BCUT2D eigenvalue weighted by Gasteiger charge is -2.09. The van der Waals surface area contributed by atoms with Gasteiger partial charge in [-0.1, -0.05) is 19.1 Å². The van der Waals surface area contributed by atoms with Gasteiger partial charge in [0.25, 0.3) is 11.6 Å². The summed E-state index contributed by atoms with van der Waals surface area (Å²) in [5.41, 5.74) is -3.79. The van der Waals surface area contributed by atoms with Gasteiger partial charge in [-0.3, -0.25) is 0 Å². The number of benzene rings is 2. The number of oxazole rings is 1. The molecule has 0 aliphatic heterocycles. The minimum Gasteiger partial charge on any atom is -0.476 e. The van der Waals surface area contributed by atoms with Crippen molar-refractivity contribution in [1.82, 2.24) is 15.0 Å². The van der Waals surface area contributed by atoms with Crippen LogP contribution in [0.2, 0.25) is 0 Å². The molecule has 0 unspecified atom stereocenters. The van der Waals surface area contributed by atoms with Crippen LogP contribution in [0.1, 0.15) is 13.3 Å². The molecular formula is C21H15F4N3O3S. The monoisotopic (exact) mass is 465 g/mol. The molecule has 0 aliphatic carbocycles. The minimum absolute atomic E-state index is 0.0289. The number of thioether (sulfide) groups is 1. The van der Waals surface area contributed by atoms with Crippen LogP contribution in [0.3, 0.4) is 0 Å². The Labute approximate surface area is 183 Å². The number of fused-ring (bicyclic) bond motifs is 1. The molecule has 0 N–H and O–H groups in total. The summed E-state index contributed by atoms with van der Waals surface area (Å²) < 4.78 is 68.4. The number of ether oxygens (including phenoxy) is 2. The van der Waals surface area contributed by atoms with Crippen molar-refractivity contribution >= 4 is 23.0 Å². The Bertz CT molecular complexity index is 1250. The SMILES string of the molecule is CCCOc1nc(Oc2cccc(SC(F)(F)F)c2)nc2oc(-c3cccc(F)c3)nc12. The maximum atomic E-state index is 13.6. The smallest absolute Gasteiger partial charge is 0.446 e. The normalized spacial score (nSPS) is 11.7. The van der Waals surface area contributed by atoms with Gasteiger partial charge in [-0.15, -0.1) is 0 Å². The number of nitrogens with zero attached hydrogens (tertiary/aromatic N) is 3. The molecule has 11 heteroatoms. The third kappa shape index (κ3) is 5.28. The van der Waals surface area contributed by atoms with Crippen LogP contribution >= 0.6 is 11.8 Å². The van der Waals surface area contributed by atoms with E-state index < -0.39 is 11.3 Å². The van der Waals surface area contributed by atoms with Crippen LogP contribution in [0.5, 0.6) is 17.6 Å². The Hall–Kier alpha value is -3.34. The summed E-state index contributed by atoms with van der Waals surface area (Å²) in [4.78, 5) is 12.6. The van der Waals surface area contributed by atoms with Crippen molar-refractivity contribution in [2.75, 3.05) is 6.61 Å². The molecule has 0 radical (unpaired) electrons. The van der Waals surface area contributed by atoms with Crippen molar-refractivity contribution in [1.29, 1.82) is 0 Å². The number of alkyl halides is 3. The first-order valence-electron chi connectivity index (χ1n) is 9.41. The highest BCUT2D eigenvalue weighted by atomic mass is 32.2. The maximum Gasteiger partial charge on any atom is 0.446 e. The third-order valence-corrected chi connectivity index (χ3v) is 4.69. The van der Waals surface area contributed by atoms with E-state index in [-0.39, 0.29) is 51.4 Å². The fraction of sp³-hybridized carbons (Fsp3) is 0.190. The molecule has 4 aromatic rings. The molecule has 2 heterocycles. The van der Waals surface area contributed by atoms with Crippen LogP contribution in [-0.2, 0) is 0 Å². The summed E-state index contributed by atoms with van der Waals surface area (Å²) in [7, 11) is 0. The van der Waals surface area contributed by atoms with E-state index in [4.69, 9.17) is 13.9 Å². The van der Waals surface area contributed by atoms with Gasteiger partial charge in [-0.2, -0.15) is 23.1 Å². The molecule has 2 aromatic heterocycles. The van der Waals surface area contributed by atoms with E-state index in [0.29, 0.717) is 18.6 Å². The summed E-state index contributed by atoms with van der Waals surface area (Å²) in [5, 5.41) is 0. The first kappa shape index (κ1) is 21.9. The summed E-state index contributed by atoms with van der Waals surface area (Å²) in [5.74, 6) is -0.168. The Morgan fingerprint density at radius 3 is 2.59 bits per heavy atom. The zero-order chi connectivity index (χ0) is 22.7. The van der Waals surface area contributed by atoms with Crippen molar-refractivity contribution in [3.63, 3.8) is 0 Å². The predicted octanol–water partition coefficient (Wildman–Crippen LogP) is 6.62. The molecule has 166 valence electrons. The molecule has 6 nitrogen and oxygen atoms in total. The van der Waals surface area contributed by atoms with E-state index in [0.717, 1.165) is 0 Å². The average molecular weight is 465 g/mol. The fourth-order valence-electron chi connectivity index (χ4n) is 2.71. The van der Waals surface area contributed by atoms with Crippen molar-refractivity contribution < 1.29 is 31.5 Å². The maximum absolute atomic E-state index is 13.6. The Morgan fingerprint density at radius 2 is 1.84 bits per heavy atom. The van der Waals surface area contributed by atoms with E-state index >= 15 is 0 Å². The van der Waals surface area contributed by atoms with Gasteiger partial charge >= 0.3 is 11.5 Å². The van der Waals surface area contributed by atoms with Gasteiger partial charge in [0.15, 0.2) is 5.52 Å².